The first-order chi connectivity index (χ1) is 8.08. The Bertz CT molecular complexity index is 235. The Morgan fingerprint density at radius 2 is 1.94 bits per heavy atom. The molecule has 0 aliphatic rings. The van der Waals surface area contributed by atoms with Crippen LogP contribution in [0.4, 0.5) is 0 Å². The summed E-state index contributed by atoms with van der Waals surface area (Å²) in [4.78, 5) is 11.4. The van der Waals surface area contributed by atoms with E-state index in [1.54, 1.807) is 12.2 Å². The number of rotatable bonds is 9. The summed E-state index contributed by atoms with van der Waals surface area (Å²) in [5.41, 5.74) is 0.255. The number of hydrogen-bond acceptors (Lipinski definition) is 1. The zero-order chi connectivity index (χ0) is 13.1. The van der Waals surface area contributed by atoms with Crippen LogP contribution in [0.25, 0.3) is 0 Å². The fourth-order valence-electron chi connectivity index (χ4n) is 1.88. The van der Waals surface area contributed by atoms with Crippen molar-refractivity contribution < 1.29 is 4.79 Å². The highest BCUT2D eigenvalue weighted by Gasteiger charge is 2.21. The molecule has 17 heavy (non-hydrogen) atoms. The quantitative estimate of drug-likeness (QED) is 0.477. The van der Waals surface area contributed by atoms with Gasteiger partial charge in [0.25, 0.3) is 0 Å². The second-order valence-corrected chi connectivity index (χ2v) is 5.19. The molecule has 0 radical (unpaired) electrons. The van der Waals surface area contributed by atoms with Gasteiger partial charge in [-0.1, -0.05) is 52.5 Å². The van der Waals surface area contributed by atoms with Crippen LogP contribution >= 0.6 is 0 Å². The van der Waals surface area contributed by atoms with Crippen LogP contribution in [0, 0.1) is 5.41 Å². The van der Waals surface area contributed by atoms with Crippen molar-refractivity contribution in [1.82, 2.24) is 5.32 Å². The van der Waals surface area contributed by atoms with Gasteiger partial charge in [-0.2, -0.15) is 0 Å². The minimum absolute atomic E-state index is 0.0285. The summed E-state index contributed by atoms with van der Waals surface area (Å²) < 4.78 is 0. The minimum atomic E-state index is 0.0285. The van der Waals surface area contributed by atoms with Gasteiger partial charge in [-0.25, -0.2) is 0 Å². The molecule has 0 saturated heterocycles. The highest BCUT2D eigenvalue weighted by Crippen LogP contribution is 2.27. The molecule has 0 aromatic carbocycles. The molecule has 2 nitrogen and oxygen atoms in total. The lowest BCUT2D eigenvalue weighted by atomic mass is 9.82. The van der Waals surface area contributed by atoms with Gasteiger partial charge in [0.2, 0.25) is 5.91 Å². The van der Waals surface area contributed by atoms with Crippen molar-refractivity contribution in [3.63, 3.8) is 0 Å². The lowest BCUT2D eigenvalue weighted by Gasteiger charge is -2.28. The Hall–Kier alpha value is -0.790. The standard InChI is InChI=1S/C15H29NO/c1-5-8-9-10-12-15(4,7-3)13-16-14(17)11-6-2/h6,11H,5,7-10,12-13H2,1-4H3,(H,16,17)/b11-6+. The van der Waals surface area contributed by atoms with Crippen molar-refractivity contribution in [2.45, 2.75) is 66.2 Å². The van der Waals surface area contributed by atoms with Gasteiger partial charge in [0.1, 0.15) is 0 Å². The van der Waals surface area contributed by atoms with E-state index in [-0.39, 0.29) is 11.3 Å². The van der Waals surface area contributed by atoms with Crippen LogP contribution in [-0.2, 0) is 4.79 Å². The van der Waals surface area contributed by atoms with Crippen LogP contribution in [-0.4, -0.2) is 12.5 Å². The smallest absolute Gasteiger partial charge is 0.243 e. The van der Waals surface area contributed by atoms with E-state index >= 15 is 0 Å². The van der Waals surface area contributed by atoms with E-state index in [2.05, 4.69) is 26.1 Å². The summed E-state index contributed by atoms with van der Waals surface area (Å²) in [7, 11) is 0. The summed E-state index contributed by atoms with van der Waals surface area (Å²) in [6, 6.07) is 0. The molecule has 1 amide bonds. The maximum Gasteiger partial charge on any atom is 0.243 e. The van der Waals surface area contributed by atoms with Crippen LogP contribution in [0.2, 0.25) is 0 Å². The molecule has 2 heteroatoms. The van der Waals surface area contributed by atoms with Crippen LogP contribution in [0.3, 0.4) is 0 Å². The molecule has 0 spiro atoms. The number of nitrogens with one attached hydrogen (secondary N) is 1. The van der Waals surface area contributed by atoms with Crippen molar-refractivity contribution >= 4 is 5.91 Å². The number of amides is 1. The maximum atomic E-state index is 11.4. The third-order valence-corrected chi connectivity index (χ3v) is 3.49. The first-order valence-corrected chi connectivity index (χ1v) is 6.98. The minimum Gasteiger partial charge on any atom is -0.352 e. The molecule has 1 atom stereocenters. The average molecular weight is 239 g/mol. The van der Waals surface area contributed by atoms with Crippen LogP contribution in [0.15, 0.2) is 12.2 Å². The summed E-state index contributed by atoms with van der Waals surface area (Å²) >= 11 is 0. The second-order valence-electron chi connectivity index (χ2n) is 5.19. The summed E-state index contributed by atoms with van der Waals surface area (Å²) in [5, 5.41) is 2.99. The van der Waals surface area contributed by atoms with Gasteiger partial charge in [0.05, 0.1) is 0 Å². The molecule has 0 aromatic rings. The zero-order valence-electron chi connectivity index (χ0n) is 12.0. The summed E-state index contributed by atoms with van der Waals surface area (Å²) in [5.74, 6) is 0.0285. The van der Waals surface area contributed by atoms with Crippen molar-refractivity contribution in [1.29, 1.82) is 0 Å². The van der Waals surface area contributed by atoms with Gasteiger partial charge in [-0.3, -0.25) is 4.79 Å². The molecule has 1 N–H and O–H groups in total. The Kier molecular flexibility index (Phi) is 8.83. The normalized spacial score (nSPS) is 14.8. The summed E-state index contributed by atoms with van der Waals surface area (Å²) in [6.45, 7) is 9.37. The Morgan fingerprint density at radius 3 is 2.47 bits per heavy atom. The van der Waals surface area contributed by atoms with Crippen molar-refractivity contribution in [3.05, 3.63) is 12.2 Å². The molecule has 0 fully saturated rings. The lowest BCUT2D eigenvalue weighted by molar-refractivity contribution is -0.117. The van der Waals surface area contributed by atoms with Crippen LogP contribution in [0.1, 0.15) is 66.2 Å². The van der Waals surface area contributed by atoms with E-state index < -0.39 is 0 Å². The van der Waals surface area contributed by atoms with E-state index in [0.717, 1.165) is 13.0 Å². The van der Waals surface area contributed by atoms with Gasteiger partial charge in [0.15, 0.2) is 0 Å². The number of carbonyl (C=O) groups is 1. The third-order valence-electron chi connectivity index (χ3n) is 3.49. The Morgan fingerprint density at radius 1 is 1.24 bits per heavy atom. The predicted molar refractivity (Wildman–Crippen MR) is 75.0 cm³/mol. The molecule has 100 valence electrons. The molecule has 0 saturated carbocycles. The van der Waals surface area contributed by atoms with E-state index in [9.17, 15) is 4.79 Å². The Labute approximate surface area is 107 Å². The van der Waals surface area contributed by atoms with Gasteiger partial charge in [-0.05, 0) is 31.3 Å². The van der Waals surface area contributed by atoms with Gasteiger partial charge >= 0.3 is 0 Å². The first kappa shape index (κ1) is 16.2. The molecule has 0 rings (SSSR count). The average Bonchev–Trinajstić information content (AvgIpc) is 2.33. The van der Waals surface area contributed by atoms with E-state index in [1.165, 1.54) is 32.1 Å². The lowest BCUT2D eigenvalue weighted by Crippen LogP contribution is -2.34. The third kappa shape index (κ3) is 8.00. The fourth-order valence-corrected chi connectivity index (χ4v) is 1.88. The van der Waals surface area contributed by atoms with Gasteiger partial charge in [-0.15, -0.1) is 0 Å². The van der Waals surface area contributed by atoms with Crippen molar-refractivity contribution in [3.8, 4) is 0 Å². The monoisotopic (exact) mass is 239 g/mol. The molecule has 0 aromatic heterocycles. The highest BCUT2D eigenvalue weighted by molar-refractivity contribution is 5.87. The number of allylic oxidation sites excluding steroid dienone is 1. The predicted octanol–water partition coefficient (Wildman–Crippen LogP) is 4.07. The Balaban J connectivity index is 3.96. The van der Waals surface area contributed by atoms with Crippen LogP contribution in [0.5, 0.6) is 0 Å². The maximum absolute atomic E-state index is 11.4. The highest BCUT2D eigenvalue weighted by atomic mass is 16.1. The molecule has 0 aliphatic heterocycles. The van der Waals surface area contributed by atoms with Gasteiger partial charge < -0.3 is 5.32 Å². The molecule has 0 bridgehead atoms. The molecular formula is C15H29NO. The molecular weight excluding hydrogens is 210 g/mol. The van der Waals surface area contributed by atoms with E-state index in [1.807, 2.05) is 6.92 Å². The largest absolute Gasteiger partial charge is 0.352 e. The topological polar surface area (TPSA) is 29.1 Å². The molecule has 0 aliphatic carbocycles. The SMILES string of the molecule is C/C=C/C(=O)NCC(C)(CC)CCCCCC. The van der Waals surface area contributed by atoms with E-state index in [0.29, 0.717) is 0 Å². The van der Waals surface area contributed by atoms with Crippen LogP contribution < -0.4 is 5.32 Å². The number of hydrogen-bond donors (Lipinski definition) is 1. The number of carbonyl (C=O) groups excluding carboxylic acids is 1. The number of unbranched alkanes of at least 4 members (excludes halogenated alkanes) is 3. The molecule has 1 unspecified atom stereocenters. The zero-order valence-corrected chi connectivity index (χ0v) is 12.0. The molecule has 0 heterocycles. The van der Waals surface area contributed by atoms with Crippen molar-refractivity contribution in [2.75, 3.05) is 6.54 Å². The second kappa shape index (κ2) is 9.26. The summed E-state index contributed by atoms with van der Waals surface area (Å²) in [6.07, 6.45) is 10.9. The van der Waals surface area contributed by atoms with Gasteiger partial charge in [0, 0.05) is 6.54 Å². The van der Waals surface area contributed by atoms with Crippen molar-refractivity contribution in [2.24, 2.45) is 5.41 Å². The first-order valence-electron chi connectivity index (χ1n) is 6.98. The van der Waals surface area contributed by atoms with E-state index in [4.69, 9.17) is 0 Å². The fraction of sp³-hybridized carbons (Fsp3) is 0.800.